The second kappa shape index (κ2) is 10.9. The van der Waals surface area contributed by atoms with Crippen LogP contribution in [-0.2, 0) is 14.3 Å². The minimum atomic E-state index is -1.02. The summed E-state index contributed by atoms with van der Waals surface area (Å²) in [6.45, 7) is 5.59. The molecule has 1 unspecified atom stereocenters. The van der Waals surface area contributed by atoms with Crippen molar-refractivity contribution < 1.29 is 19.1 Å². The summed E-state index contributed by atoms with van der Waals surface area (Å²) >= 11 is 0. The number of rotatable bonds is 9. The third-order valence-corrected chi connectivity index (χ3v) is 4.82. The molecule has 1 amide bonds. The Morgan fingerprint density at radius 1 is 1.03 bits per heavy atom. The maximum absolute atomic E-state index is 12.8. The van der Waals surface area contributed by atoms with Gasteiger partial charge in [-0.1, -0.05) is 30.3 Å². The van der Waals surface area contributed by atoms with Gasteiger partial charge >= 0.3 is 5.97 Å². The SMILES string of the molecule is Cc1ccc(C(=O)CCC(=O)OC(C)C(=O)N(CCC#N)c2ccccc2)cc1C. The Kier molecular flexibility index (Phi) is 8.30. The van der Waals surface area contributed by atoms with Crippen molar-refractivity contribution in [1.29, 1.82) is 5.26 Å². The normalized spacial score (nSPS) is 11.3. The Morgan fingerprint density at radius 3 is 2.37 bits per heavy atom. The van der Waals surface area contributed by atoms with E-state index >= 15 is 0 Å². The molecule has 0 aliphatic carbocycles. The molecule has 0 N–H and O–H groups in total. The van der Waals surface area contributed by atoms with Crippen LogP contribution in [0.25, 0.3) is 0 Å². The summed E-state index contributed by atoms with van der Waals surface area (Å²) in [5.74, 6) is -1.17. The number of anilines is 1. The van der Waals surface area contributed by atoms with Gasteiger partial charge in [0.25, 0.3) is 5.91 Å². The van der Waals surface area contributed by atoms with E-state index < -0.39 is 18.0 Å². The average molecular weight is 406 g/mol. The molecule has 0 bridgehead atoms. The summed E-state index contributed by atoms with van der Waals surface area (Å²) < 4.78 is 5.26. The van der Waals surface area contributed by atoms with E-state index in [1.54, 1.807) is 30.3 Å². The monoisotopic (exact) mass is 406 g/mol. The maximum Gasteiger partial charge on any atom is 0.307 e. The van der Waals surface area contributed by atoms with Crippen LogP contribution in [0.2, 0.25) is 0 Å². The van der Waals surface area contributed by atoms with Crippen molar-refractivity contribution in [2.45, 2.75) is 46.1 Å². The number of hydrogen-bond acceptors (Lipinski definition) is 5. The van der Waals surface area contributed by atoms with Crippen LogP contribution in [-0.4, -0.2) is 30.3 Å². The number of nitriles is 1. The lowest BCUT2D eigenvalue weighted by Crippen LogP contribution is -2.40. The molecular weight excluding hydrogens is 380 g/mol. The van der Waals surface area contributed by atoms with E-state index in [0.717, 1.165) is 11.1 Å². The van der Waals surface area contributed by atoms with Crippen molar-refractivity contribution in [3.63, 3.8) is 0 Å². The first-order chi connectivity index (χ1) is 14.3. The Labute approximate surface area is 177 Å². The molecule has 6 nitrogen and oxygen atoms in total. The highest BCUT2D eigenvalue weighted by atomic mass is 16.5. The van der Waals surface area contributed by atoms with E-state index in [4.69, 9.17) is 10.00 Å². The summed E-state index contributed by atoms with van der Waals surface area (Å²) in [6.07, 6.45) is -0.953. The smallest absolute Gasteiger partial charge is 0.307 e. The van der Waals surface area contributed by atoms with Crippen LogP contribution in [0.15, 0.2) is 48.5 Å². The molecule has 1 atom stereocenters. The number of aryl methyl sites for hydroxylation is 2. The fraction of sp³-hybridized carbons (Fsp3) is 0.333. The molecule has 0 aliphatic rings. The standard InChI is InChI=1S/C24H26N2O4/c1-17-10-11-20(16-18(17)2)22(27)12-13-23(28)30-19(3)24(29)26(15-7-14-25)21-8-5-4-6-9-21/h4-6,8-11,16,19H,7,12-13,15H2,1-3H3. The molecule has 30 heavy (non-hydrogen) atoms. The molecule has 0 radical (unpaired) electrons. The second-order valence-electron chi connectivity index (χ2n) is 7.09. The van der Waals surface area contributed by atoms with Crippen LogP contribution >= 0.6 is 0 Å². The lowest BCUT2D eigenvalue weighted by atomic mass is 10.0. The van der Waals surface area contributed by atoms with Crippen LogP contribution in [0.3, 0.4) is 0 Å². The number of benzene rings is 2. The number of amides is 1. The molecule has 0 fully saturated rings. The zero-order valence-electron chi connectivity index (χ0n) is 17.6. The van der Waals surface area contributed by atoms with Crippen LogP contribution in [0.4, 0.5) is 5.69 Å². The number of ether oxygens (including phenoxy) is 1. The first-order valence-electron chi connectivity index (χ1n) is 9.86. The van der Waals surface area contributed by atoms with Gasteiger partial charge in [0, 0.05) is 24.2 Å². The van der Waals surface area contributed by atoms with Gasteiger partial charge in [-0.2, -0.15) is 5.26 Å². The van der Waals surface area contributed by atoms with Gasteiger partial charge in [-0.25, -0.2) is 0 Å². The van der Waals surface area contributed by atoms with Crippen molar-refractivity contribution in [2.75, 3.05) is 11.4 Å². The number of carbonyl (C=O) groups excluding carboxylic acids is 3. The van der Waals surface area contributed by atoms with Gasteiger partial charge in [-0.15, -0.1) is 0 Å². The molecular formula is C24H26N2O4. The van der Waals surface area contributed by atoms with E-state index in [9.17, 15) is 14.4 Å². The van der Waals surface area contributed by atoms with E-state index in [0.29, 0.717) is 11.3 Å². The molecule has 156 valence electrons. The zero-order chi connectivity index (χ0) is 22.1. The average Bonchev–Trinajstić information content (AvgIpc) is 2.74. The molecule has 2 rings (SSSR count). The van der Waals surface area contributed by atoms with Gasteiger partial charge < -0.3 is 9.64 Å². The number of esters is 1. The predicted molar refractivity (Wildman–Crippen MR) is 114 cm³/mol. The minimum Gasteiger partial charge on any atom is -0.453 e. The molecule has 6 heteroatoms. The van der Waals surface area contributed by atoms with E-state index in [1.165, 1.54) is 11.8 Å². The number of ketones is 1. The van der Waals surface area contributed by atoms with Crippen molar-refractivity contribution in [2.24, 2.45) is 0 Å². The second-order valence-corrected chi connectivity index (χ2v) is 7.09. The lowest BCUT2D eigenvalue weighted by molar-refractivity contribution is -0.153. The molecule has 0 aliphatic heterocycles. The molecule has 0 spiro atoms. The predicted octanol–water partition coefficient (Wildman–Crippen LogP) is 4.14. The third kappa shape index (κ3) is 6.28. The molecule has 2 aromatic carbocycles. The Hall–Kier alpha value is -3.46. The highest BCUT2D eigenvalue weighted by Gasteiger charge is 2.25. The van der Waals surface area contributed by atoms with Gasteiger partial charge in [0.15, 0.2) is 11.9 Å². The molecule has 0 saturated carbocycles. The minimum absolute atomic E-state index is 0.0130. The van der Waals surface area contributed by atoms with Crippen molar-refractivity contribution in [1.82, 2.24) is 0 Å². The fourth-order valence-corrected chi connectivity index (χ4v) is 2.94. The van der Waals surface area contributed by atoms with Crippen LogP contribution in [0.5, 0.6) is 0 Å². The lowest BCUT2D eigenvalue weighted by Gasteiger charge is -2.25. The van der Waals surface area contributed by atoms with Crippen molar-refractivity contribution in [3.8, 4) is 6.07 Å². The van der Waals surface area contributed by atoms with E-state index in [1.807, 2.05) is 38.1 Å². The Bertz CT molecular complexity index is 947. The van der Waals surface area contributed by atoms with E-state index in [-0.39, 0.29) is 31.6 Å². The first kappa shape index (κ1) is 22.8. The van der Waals surface area contributed by atoms with Crippen LogP contribution in [0, 0.1) is 25.2 Å². The zero-order valence-corrected chi connectivity index (χ0v) is 17.6. The summed E-state index contributed by atoms with van der Waals surface area (Å²) in [5, 5.41) is 8.87. The molecule has 0 saturated heterocycles. The van der Waals surface area contributed by atoms with Gasteiger partial charge in [-0.05, 0) is 50.1 Å². The summed E-state index contributed by atoms with van der Waals surface area (Å²) in [7, 11) is 0. The number of nitrogens with zero attached hydrogens (tertiary/aromatic N) is 2. The first-order valence-corrected chi connectivity index (χ1v) is 9.86. The van der Waals surface area contributed by atoms with Gasteiger partial charge in [0.2, 0.25) is 0 Å². The van der Waals surface area contributed by atoms with Gasteiger partial charge in [0.1, 0.15) is 0 Å². The van der Waals surface area contributed by atoms with Crippen LogP contribution < -0.4 is 4.90 Å². The highest BCUT2D eigenvalue weighted by Crippen LogP contribution is 2.17. The highest BCUT2D eigenvalue weighted by molar-refractivity contribution is 5.99. The topological polar surface area (TPSA) is 87.5 Å². The quantitative estimate of drug-likeness (QED) is 0.461. The summed E-state index contributed by atoms with van der Waals surface area (Å²) in [4.78, 5) is 38.7. The van der Waals surface area contributed by atoms with Gasteiger partial charge in [0.05, 0.1) is 18.9 Å². The van der Waals surface area contributed by atoms with Gasteiger partial charge in [-0.3, -0.25) is 14.4 Å². The Balaban J connectivity index is 1.94. The van der Waals surface area contributed by atoms with Crippen LogP contribution in [0.1, 0.15) is 47.7 Å². The summed E-state index contributed by atoms with van der Waals surface area (Å²) in [5.41, 5.74) is 3.30. The maximum atomic E-state index is 12.8. The number of carbonyl (C=O) groups is 3. The largest absolute Gasteiger partial charge is 0.453 e. The Morgan fingerprint density at radius 2 is 1.73 bits per heavy atom. The number of hydrogen-bond donors (Lipinski definition) is 0. The number of Topliss-reactive ketones (excluding diaryl/α,β-unsaturated/α-hetero) is 1. The molecule has 0 heterocycles. The molecule has 2 aromatic rings. The third-order valence-electron chi connectivity index (χ3n) is 4.82. The number of para-hydroxylation sites is 1. The van der Waals surface area contributed by atoms with Crippen molar-refractivity contribution in [3.05, 3.63) is 65.2 Å². The van der Waals surface area contributed by atoms with Crippen molar-refractivity contribution >= 4 is 23.3 Å². The van der Waals surface area contributed by atoms with E-state index in [2.05, 4.69) is 0 Å². The fourth-order valence-electron chi connectivity index (χ4n) is 2.94. The molecule has 0 aromatic heterocycles. The summed E-state index contributed by atoms with van der Waals surface area (Å²) in [6, 6.07) is 16.4.